The molecule has 1 heteroatoms. The lowest BCUT2D eigenvalue weighted by Gasteiger charge is -1.93. The molecule has 1 aromatic carbocycles. The first-order valence-electron chi connectivity index (χ1n) is 3.61. The highest BCUT2D eigenvalue weighted by molar-refractivity contribution is 5.16. The van der Waals surface area contributed by atoms with Crippen LogP contribution < -0.4 is 0 Å². The monoisotopic (exact) mass is 134 g/mol. The molecule has 1 atom stereocenters. The lowest BCUT2D eigenvalue weighted by molar-refractivity contribution is 0.407. The van der Waals surface area contributed by atoms with Crippen LogP contribution in [0, 0.1) is 0 Å². The second-order valence-electron chi connectivity index (χ2n) is 2.65. The molecule has 1 heterocycles. The number of ether oxygens (including phenoxy) is 1. The van der Waals surface area contributed by atoms with E-state index >= 15 is 0 Å². The van der Waals surface area contributed by atoms with E-state index in [1.807, 2.05) is 6.07 Å². The predicted molar refractivity (Wildman–Crippen MR) is 39.9 cm³/mol. The molecule has 0 spiro atoms. The molecule has 1 nitrogen and oxygen atoms in total. The van der Waals surface area contributed by atoms with E-state index in [0.29, 0.717) is 6.10 Å². The average Bonchev–Trinajstić information content (AvgIpc) is 2.74. The zero-order valence-electron chi connectivity index (χ0n) is 5.79. The van der Waals surface area contributed by atoms with Gasteiger partial charge >= 0.3 is 0 Å². The fourth-order valence-electron chi connectivity index (χ4n) is 1.06. The van der Waals surface area contributed by atoms with Crippen molar-refractivity contribution in [3.05, 3.63) is 35.9 Å². The van der Waals surface area contributed by atoms with Gasteiger partial charge in [-0.3, -0.25) is 0 Å². The first kappa shape index (κ1) is 5.93. The molecule has 2 rings (SSSR count). The molecule has 0 bridgehead atoms. The van der Waals surface area contributed by atoms with Crippen molar-refractivity contribution >= 4 is 0 Å². The van der Waals surface area contributed by atoms with Crippen molar-refractivity contribution in [1.29, 1.82) is 0 Å². The van der Waals surface area contributed by atoms with E-state index in [0.717, 1.165) is 13.0 Å². The molecule has 1 aromatic rings. The van der Waals surface area contributed by atoms with E-state index < -0.39 is 0 Å². The zero-order valence-corrected chi connectivity index (χ0v) is 5.79. The first-order valence-corrected chi connectivity index (χ1v) is 3.61. The van der Waals surface area contributed by atoms with E-state index in [9.17, 15) is 0 Å². The van der Waals surface area contributed by atoms with Gasteiger partial charge in [-0.2, -0.15) is 0 Å². The lowest BCUT2D eigenvalue weighted by atomic mass is 10.1. The van der Waals surface area contributed by atoms with E-state index in [2.05, 4.69) is 24.3 Å². The second kappa shape index (κ2) is 2.43. The molecular weight excluding hydrogens is 124 g/mol. The second-order valence-corrected chi connectivity index (χ2v) is 2.65. The highest BCUT2D eigenvalue weighted by Gasteiger charge is 2.21. The van der Waals surface area contributed by atoms with Crippen molar-refractivity contribution in [2.24, 2.45) is 0 Å². The zero-order chi connectivity index (χ0) is 6.81. The molecule has 0 aromatic heterocycles. The van der Waals surface area contributed by atoms with Gasteiger partial charge in [-0.05, 0) is 5.56 Å². The number of hydrogen-bond acceptors (Lipinski definition) is 1. The van der Waals surface area contributed by atoms with E-state index in [-0.39, 0.29) is 0 Å². The van der Waals surface area contributed by atoms with Crippen LogP contribution in [0.15, 0.2) is 30.3 Å². The van der Waals surface area contributed by atoms with Gasteiger partial charge < -0.3 is 4.74 Å². The molecule has 1 aliphatic rings. The van der Waals surface area contributed by atoms with Gasteiger partial charge in [0, 0.05) is 6.42 Å². The van der Waals surface area contributed by atoms with Gasteiger partial charge in [0.15, 0.2) is 0 Å². The van der Waals surface area contributed by atoms with Gasteiger partial charge in [0.1, 0.15) is 0 Å². The maximum atomic E-state index is 5.11. The standard InChI is InChI=1S/C9H10O/c1-2-4-8(5-3-1)6-9-7-10-9/h1-5,9H,6-7H2/t9-/m0/s1. The summed E-state index contributed by atoms with van der Waals surface area (Å²) in [6.07, 6.45) is 1.60. The average molecular weight is 134 g/mol. The molecule has 1 saturated heterocycles. The Labute approximate surface area is 60.6 Å². The van der Waals surface area contributed by atoms with Crippen LogP contribution in [0.3, 0.4) is 0 Å². The summed E-state index contributed by atoms with van der Waals surface area (Å²) in [4.78, 5) is 0. The van der Waals surface area contributed by atoms with Gasteiger partial charge in [0.05, 0.1) is 12.7 Å². The highest BCUT2D eigenvalue weighted by atomic mass is 16.6. The van der Waals surface area contributed by atoms with Crippen LogP contribution in [0.2, 0.25) is 0 Å². The summed E-state index contributed by atoms with van der Waals surface area (Å²) in [6.45, 7) is 0.953. The Balaban J connectivity index is 2.03. The fourth-order valence-corrected chi connectivity index (χ4v) is 1.06. The van der Waals surface area contributed by atoms with Gasteiger partial charge in [-0.25, -0.2) is 0 Å². The summed E-state index contributed by atoms with van der Waals surface area (Å²) in [5.74, 6) is 0. The third-order valence-electron chi connectivity index (χ3n) is 1.71. The quantitative estimate of drug-likeness (QED) is 0.560. The molecule has 0 radical (unpaired) electrons. The summed E-state index contributed by atoms with van der Waals surface area (Å²) in [6, 6.07) is 10.5. The van der Waals surface area contributed by atoms with E-state index in [4.69, 9.17) is 4.74 Å². The summed E-state index contributed by atoms with van der Waals surface area (Å²) in [5, 5.41) is 0. The summed E-state index contributed by atoms with van der Waals surface area (Å²) >= 11 is 0. The van der Waals surface area contributed by atoms with Crippen molar-refractivity contribution in [3.63, 3.8) is 0 Å². The molecule has 0 saturated carbocycles. The number of benzene rings is 1. The number of hydrogen-bond donors (Lipinski definition) is 0. The van der Waals surface area contributed by atoms with Crippen molar-refractivity contribution in [2.75, 3.05) is 6.61 Å². The molecule has 52 valence electrons. The number of epoxide rings is 1. The summed E-state index contributed by atoms with van der Waals surface area (Å²) in [5.41, 5.74) is 1.38. The highest BCUT2D eigenvalue weighted by Crippen LogP contribution is 2.15. The predicted octanol–water partition coefficient (Wildman–Crippen LogP) is 1.63. The van der Waals surface area contributed by atoms with Crippen LogP contribution in [-0.4, -0.2) is 12.7 Å². The Bertz CT molecular complexity index is 201. The van der Waals surface area contributed by atoms with Gasteiger partial charge in [-0.15, -0.1) is 0 Å². The molecule has 0 unspecified atom stereocenters. The van der Waals surface area contributed by atoms with E-state index in [1.165, 1.54) is 5.56 Å². The molecular formula is C9H10O. The van der Waals surface area contributed by atoms with Gasteiger partial charge in [0.2, 0.25) is 0 Å². The van der Waals surface area contributed by atoms with Crippen molar-refractivity contribution in [3.8, 4) is 0 Å². The Hall–Kier alpha value is -0.820. The minimum Gasteiger partial charge on any atom is -0.373 e. The lowest BCUT2D eigenvalue weighted by Crippen LogP contribution is -1.90. The Kier molecular flexibility index (Phi) is 1.44. The first-order chi connectivity index (χ1) is 4.95. The Morgan fingerprint density at radius 2 is 2.00 bits per heavy atom. The Morgan fingerprint density at radius 3 is 2.60 bits per heavy atom. The molecule has 1 fully saturated rings. The minimum absolute atomic E-state index is 0.516. The van der Waals surface area contributed by atoms with Crippen LogP contribution in [0.5, 0.6) is 0 Å². The topological polar surface area (TPSA) is 12.5 Å². The molecule has 10 heavy (non-hydrogen) atoms. The molecule has 0 aliphatic carbocycles. The van der Waals surface area contributed by atoms with Gasteiger partial charge in [-0.1, -0.05) is 30.3 Å². The van der Waals surface area contributed by atoms with Crippen molar-refractivity contribution in [2.45, 2.75) is 12.5 Å². The van der Waals surface area contributed by atoms with Crippen molar-refractivity contribution in [1.82, 2.24) is 0 Å². The normalized spacial score (nSPS) is 22.6. The van der Waals surface area contributed by atoms with Crippen molar-refractivity contribution < 1.29 is 4.74 Å². The smallest absolute Gasteiger partial charge is 0.0850 e. The molecule has 0 amide bonds. The maximum Gasteiger partial charge on any atom is 0.0850 e. The summed E-state index contributed by atoms with van der Waals surface area (Å²) < 4.78 is 5.11. The largest absolute Gasteiger partial charge is 0.373 e. The van der Waals surface area contributed by atoms with Crippen LogP contribution in [0.1, 0.15) is 5.56 Å². The van der Waals surface area contributed by atoms with Crippen LogP contribution in [0.4, 0.5) is 0 Å². The molecule has 0 N–H and O–H groups in total. The summed E-state index contributed by atoms with van der Waals surface area (Å²) in [7, 11) is 0. The minimum atomic E-state index is 0.516. The third kappa shape index (κ3) is 1.36. The SMILES string of the molecule is c1ccc(C[C@H]2CO2)cc1. The molecule has 1 aliphatic heterocycles. The third-order valence-corrected chi connectivity index (χ3v) is 1.71. The maximum absolute atomic E-state index is 5.11. The van der Waals surface area contributed by atoms with Crippen LogP contribution in [0.25, 0.3) is 0 Å². The van der Waals surface area contributed by atoms with Crippen LogP contribution in [-0.2, 0) is 11.2 Å². The van der Waals surface area contributed by atoms with Gasteiger partial charge in [0.25, 0.3) is 0 Å². The Morgan fingerprint density at radius 1 is 1.30 bits per heavy atom. The van der Waals surface area contributed by atoms with E-state index in [1.54, 1.807) is 0 Å². The van der Waals surface area contributed by atoms with Crippen LogP contribution >= 0.6 is 0 Å². The number of rotatable bonds is 2. The fraction of sp³-hybridized carbons (Fsp3) is 0.333.